The number of carbonyl (C=O) groups excluding carboxylic acids is 1. The number of aromatic nitrogens is 2. The van der Waals surface area contributed by atoms with E-state index in [4.69, 9.17) is 0 Å². The molecule has 3 heterocycles. The number of amides is 1. The summed E-state index contributed by atoms with van der Waals surface area (Å²) >= 11 is 0. The number of piperidine rings is 1. The highest BCUT2D eigenvalue weighted by Gasteiger charge is 2.43. The molecule has 2 aromatic rings. The number of hydrogen-bond donors (Lipinski definition) is 1. The first-order valence-corrected chi connectivity index (χ1v) is 8.71. The minimum atomic E-state index is 0.0256. The van der Waals surface area contributed by atoms with Gasteiger partial charge in [0.1, 0.15) is 0 Å². The van der Waals surface area contributed by atoms with Gasteiger partial charge < -0.3 is 14.8 Å². The van der Waals surface area contributed by atoms with Crippen molar-refractivity contribution < 1.29 is 4.79 Å². The third-order valence-corrected chi connectivity index (χ3v) is 5.80. The quantitative estimate of drug-likeness (QED) is 0.861. The molecule has 128 valence electrons. The predicted octanol–water partition coefficient (Wildman–Crippen LogP) is 1.41. The standard InChI is InChI=1S/C18H25N5O/c1-21-9-7-18(8-10-21)13-23(12-11-22(18)2)17(24)16-19-14-5-3-4-6-15(14)20-16/h3-6H,7-13H2,1-2H3,(H,19,20). The van der Waals surface area contributed by atoms with Gasteiger partial charge in [0, 0.05) is 25.2 Å². The highest BCUT2D eigenvalue weighted by Crippen LogP contribution is 2.31. The molecule has 2 saturated heterocycles. The molecule has 0 atom stereocenters. The number of aromatic amines is 1. The number of para-hydroxylation sites is 2. The molecule has 0 bridgehead atoms. The number of hydrogen-bond acceptors (Lipinski definition) is 4. The van der Waals surface area contributed by atoms with Gasteiger partial charge >= 0.3 is 0 Å². The van der Waals surface area contributed by atoms with E-state index in [1.54, 1.807) is 0 Å². The maximum Gasteiger partial charge on any atom is 0.289 e. The van der Waals surface area contributed by atoms with Crippen molar-refractivity contribution in [3.8, 4) is 0 Å². The fourth-order valence-electron chi connectivity index (χ4n) is 4.01. The van der Waals surface area contributed by atoms with Gasteiger partial charge in [-0.15, -0.1) is 0 Å². The van der Waals surface area contributed by atoms with Gasteiger partial charge in [0.2, 0.25) is 0 Å². The summed E-state index contributed by atoms with van der Waals surface area (Å²) < 4.78 is 0. The Labute approximate surface area is 142 Å². The Balaban J connectivity index is 1.56. The molecule has 1 N–H and O–H groups in total. The molecule has 2 aliphatic heterocycles. The average molecular weight is 327 g/mol. The van der Waals surface area contributed by atoms with Gasteiger partial charge in [0.05, 0.1) is 11.0 Å². The summed E-state index contributed by atoms with van der Waals surface area (Å²) in [5.74, 6) is 0.487. The van der Waals surface area contributed by atoms with Crippen molar-refractivity contribution in [1.82, 2.24) is 24.7 Å². The third kappa shape index (κ3) is 2.59. The molecule has 0 aliphatic carbocycles. The van der Waals surface area contributed by atoms with Gasteiger partial charge in [0.15, 0.2) is 5.82 Å². The molecule has 0 saturated carbocycles. The van der Waals surface area contributed by atoms with Gasteiger partial charge in [-0.2, -0.15) is 0 Å². The van der Waals surface area contributed by atoms with Gasteiger partial charge in [-0.25, -0.2) is 4.98 Å². The molecule has 4 rings (SSSR count). The lowest BCUT2D eigenvalue weighted by Gasteiger charge is -2.52. The van der Waals surface area contributed by atoms with Crippen LogP contribution in [0.25, 0.3) is 11.0 Å². The summed E-state index contributed by atoms with van der Waals surface area (Å²) in [7, 11) is 4.38. The lowest BCUT2D eigenvalue weighted by atomic mass is 9.84. The Hall–Kier alpha value is -1.92. The number of nitrogens with one attached hydrogen (secondary N) is 1. The minimum Gasteiger partial charge on any atom is -0.334 e. The van der Waals surface area contributed by atoms with Crippen LogP contribution in [0.4, 0.5) is 0 Å². The van der Waals surface area contributed by atoms with E-state index in [9.17, 15) is 4.79 Å². The van der Waals surface area contributed by atoms with Crippen LogP contribution in [0.1, 0.15) is 23.5 Å². The lowest BCUT2D eigenvalue weighted by Crippen LogP contribution is -2.65. The van der Waals surface area contributed by atoms with Crippen molar-refractivity contribution in [1.29, 1.82) is 0 Å². The number of benzene rings is 1. The van der Waals surface area contributed by atoms with Crippen LogP contribution in [-0.4, -0.2) is 82.9 Å². The zero-order chi connectivity index (χ0) is 16.7. The van der Waals surface area contributed by atoms with Crippen molar-refractivity contribution in [3.63, 3.8) is 0 Å². The SMILES string of the molecule is CN1CCC2(CC1)CN(C(=O)c1nc3ccccc3[nH]1)CCN2C. The molecule has 24 heavy (non-hydrogen) atoms. The van der Waals surface area contributed by atoms with Gasteiger partial charge in [0.25, 0.3) is 5.91 Å². The second-order valence-electron chi connectivity index (χ2n) is 7.28. The number of likely N-dealkylation sites (N-methyl/N-ethyl adjacent to an activating group) is 1. The summed E-state index contributed by atoms with van der Waals surface area (Å²) in [4.78, 5) is 27.5. The van der Waals surface area contributed by atoms with E-state index >= 15 is 0 Å². The topological polar surface area (TPSA) is 55.5 Å². The van der Waals surface area contributed by atoms with E-state index in [1.165, 1.54) is 0 Å². The highest BCUT2D eigenvalue weighted by atomic mass is 16.2. The minimum absolute atomic E-state index is 0.0256. The van der Waals surface area contributed by atoms with Gasteiger partial charge in [-0.1, -0.05) is 12.1 Å². The first kappa shape index (κ1) is 15.6. The molecule has 0 unspecified atom stereocenters. The number of carbonyl (C=O) groups is 1. The largest absolute Gasteiger partial charge is 0.334 e. The zero-order valence-electron chi connectivity index (χ0n) is 14.5. The first-order chi connectivity index (χ1) is 11.6. The fourth-order valence-corrected chi connectivity index (χ4v) is 4.01. The monoisotopic (exact) mass is 327 g/mol. The fraction of sp³-hybridized carbons (Fsp3) is 0.556. The van der Waals surface area contributed by atoms with Crippen molar-refractivity contribution >= 4 is 16.9 Å². The van der Waals surface area contributed by atoms with E-state index in [0.29, 0.717) is 5.82 Å². The molecule has 6 heteroatoms. The molecule has 6 nitrogen and oxygen atoms in total. The highest BCUT2D eigenvalue weighted by molar-refractivity contribution is 5.94. The summed E-state index contributed by atoms with van der Waals surface area (Å²) in [5, 5.41) is 0. The molecule has 1 aromatic heterocycles. The average Bonchev–Trinajstić information content (AvgIpc) is 3.03. The molecule has 1 spiro atoms. The van der Waals surface area contributed by atoms with Crippen LogP contribution >= 0.6 is 0 Å². The van der Waals surface area contributed by atoms with Crippen molar-refractivity contribution in [3.05, 3.63) is 30.1 Å². The van der Waals surface area contributed by atoms with Crippen LogP contribution < -0.4 is 0 Å². The Morgan fingerprint density at radius 1 is 1.12 bits per heavy atom. The lowest BCUT2D eigenvalue weighted by molar-refractivity contribution is -0.0173. The number of likely N-dealkylation sites (tertiary alicyclic amines) is 1. The third-order valence-electron chi connectivity index (χ3n) is 5.80. The van der Waals surface area contributed by atoms with Crippen molar-refractivity contribution in [2.75, 3.05) is 46.8 Å². The Bertz CT molecular complexity index is 714. The predicted molar refractivity (Wildman–Crippen MR) is 94.1 cm³/mol. The molecule has 0 radical (unpaired) electrons. The molecule has 1 aromatic carbocycles. The maximum atomic E-state index is 13.0. The summed E-state index contributed by atoms with van der Waals surface area (Å²) in [6.07, 6.45) is 2.23. The molecule has 2 aliphatic rings. The van der Waals surface area contributed by atoms with Crippen LogP contribution in [0.2, 0.25) is 0 Å². The number of imidazole rings is 1. The molecule has 2 fully saturated rings. The molecular formula is C18H25N5O. The Kier molecular flexibility index (Phi) is 3.81. The molecular weight excluding hydrogens is 302 g/mol. The van der Waals surface area contributed by atoms with Crippen molar-refractivity contribution in [2.24, 2.45) is 0 Å². The summed E-state index contributed by atoms with van der Waals surface area (Å²) in [6.45, 7) is 4.68. The maximum absolute atomic E-state index is 13.0. The number of piperazine rings is 1. The Morgan fingerprint density at radius 3 is 2.62 bits per heavy atom. The van der Waals surface area contributed by atoms with Crippen molar-refractivity contribution in [2.45, 2.75) is 18.4 Å². The number of H-pyrrole nitrogens is 1. The van der Waals surface area contributed by atoms with Crippen LogP contribution in [0.3, 0.4) is 0 Å². The normalized spacial score (nSPS) is 22.3. The van der Waals surface area contributed by atoms with E-state index in [0.717, 1.165) is 56.6 Å². The van der Waals surface area contributed by atoms with Gasteiger partial charge in [-0.05, 0) is 52.2 Å². The summed E-state index contributed by atoms with van der Waals surface area (Å²) in [5.41, 5.74) is 1.89. The second kappa shape index (κ2) is 5.86. The smallest absolute Gasteiger partial charge is 0.289 e. The van der Waals surface area contributed by atoms with E-state index in [-0.39, 0.29) is 11.4 Å². The number of rotatable bonds is 1. The van der Waals surface area contributed by atoms with E-state index in [1.807, 2.05) is 29.2 Å². The van der Waals surface area contributed by atoms with Crippen LogP contribution in [0.15, 0.2) is 24.3 Å². The number of nitrogens with zero attached hydrogens (tertiary/aromatic N) is 4. The summed E-state index contributed by atoms with van der Waals surface area (Å²) in [6, 6.07) is 7.80. The zero-order valence-corrected chi connectivity index (χ0v) is 14.5. The Morgan fingerprint density at radius 2 is 1.88 bits per heavy atom. The number of fused-ring (bicyclic) bond motifs is 1. The van der Waals surface area contributed by atoms with Crippen LogP contribution in [0.5, 0.6) is 0 Å². The van der Waals surface area contributed by atoms with Gasteiger partial charge in [-0.3, -0.25) is 9.69 Å². The second-order valence-corrected chi connectivity index (χ2v) is 7.28. The van der Waals surface area contributed by atoms with Crippen LogP contribution in [-0.2, 0) is 0 Å². The van der Waals surface area contributed by atoms with Crippen LogP contribution in [0, 0.1) is 0 Å². The first-order valence-electron chi connectivity index (χ1n) is 8.71. The molecule has 1 amide bonds. The van der Waals surface area contributed by atoms with E-state index < -0.39 is 0 Å². The van der Waals surface area contributed by atoms with E-state index in [2.05, 4.69) is 33.9 Å².